The van der Waals surface area contributed by atoms with Crippen LogP contribution in [0.2, 0.25) is 0 Å². The molecule has 0 saturated carbocycles. The van der Waals surface area contributed by atoms with E-state index in [1.165, 1.54) is 0 Å². The Balaban J connectivity index is 0.00000400. The Morgan fingerprint density at radius 2 is 1.66 bits per heavy atom. The van der Waals surface area contributed by atoms with Gasteiger partial charge in [0.05, 0.1) is 22.7 Å². The number of rotatable bonds is 5. The topological polar surface area (TPSA) is 74.7 Å². The minimum absolute atomic E-state index is 0. The summed E-state index contributed by atoms with van der Waals surface area (Å²) in [6.45, 7) is 10.1. The molecule has 222 valence electrons. The monoisotopic (exact) mass is 757 g/mol. The number of imidazole rings is 1. The third-order valence-electron chi connectivity index (χ3n) is 7.70. The molecule has 4 aromatic carbocycles. The van der Waals surface area contributed by atoms with Crippen LogP contribution in [0.5, 0.6) is 5.75 Å². The smallest absolute Gasteiger partial charge is 0.148 e. The van der Waals surface area contributed by atoms with Gasteiger partial charge in [0, 0.05) is 45.6 Å². The number of para-hydroxylation sites is 2. The third kappa shape index (κ3) is 5.83. The number of hydrogen-bond acceptors (Lipinski definition) is 4. The minimum atomic E-state index is -0.896. The van der Waals surface area contributed by atoms with Crippen LogP contribution < -0.4 is 0 Å². The van der Waals surface area contributed by atoms with Crippen LogP contribution >= 0.6 is 0 Å². The van der Waals surface area contributed by atoms with Gasteiger partial charge in [-0.15, -0.1) is 29.3 Å². The molecule has 0 bridgehead atoms. The van der Waals surface area contributed by atoms with Crippen molar-refractivity contribution in [2.45, 2.75) is 45.9 Å². The fraction of sp³-hybridized carbons (Fsp3) is 0.184. The van der Waals surface area contributed by atoms with Crippen LogP contribution in [-0.2, 0) is 26.5 Å². The molecule has 0 aliphatic rings. The Labute approximate surface area is 274 Å². The van der Waals surface area contributed by atoms with Crippen LogP contribution in [0.1, 0.15) is 58.6 Å². The van der Waals surface area contributed by atoms with Crippen LogP contribution in [0.25, 0.3) is 50.5 Å². The molecule has 5 nitrogen and oxygen atoms in total. The van der Waals surface area contributed by atoms with Crippen molar-refractivity contribution in [1.29, 1.82) is 5.26 Å². The first-order valence-electron chi connectivity index (χ1n) is 14.8. The van der Waals surface area contributed by atoms with E-state index in [0.717, 1.165) is 39.0 Å². The summed E-state index contributed by atoms with van der Waals surface area (Å²) in [5.41, 5.74) is 8.37. The standard InChI is InChI=1S/C38H33N4O.Pt/c1-24(2)26-19-27(21-28(20-26)33-18-25(23-39)16-17-40-33)31-12-9-13-34-36(31)41-37(42(34)30-10-7-6-8-11-30)32-22-29(38(3,4)5)14-15-35(32)43;/h6-20,22,24,43H,1-5H3;/q-1;/i24D;. The maximum absolute atomic E-state index is 11.2. The van der Waals surface area contributed by atoms with Crippen molar-refractivity contribution in [3.8, 4) is 51.3 Å². The first-order valence-corrected chi connectivity index (χ1v) is 14.3. The number of fused-ring (bicyclic) bond motifs is 1. The van der Waals surface area contributed by atoms with E-state index >= 15 is 0 Å². The molecule has 6 rings (SSSR count). The van der Waals surface area contributed by atoms with Crippen LogP contribution in [0.15, 0.2) is 97.2 Å². The van der Waals surface area contributed by atoms with Gasteiger partial charge >= 0.3 is 0 Å². The molecule has 0 atom stereocenters. The van der Waals surface area contributed by atoms with Crippen LogP contribution in [0.3, 0.4) is 0 Å². The van der Waals surface area contributed by atoms with E-state index in [0.29, 0.717) is 28.2 Å². The number of hydrogen-bond donors (Lipinski definition) is 1. The summed E-state index contributed by atoms with van der Waals surface area (Å²) >= 11 is 0. The Morgan fingerprint density at radius 1 is 0.909 bits per heavy atom. The molecular weight excluding hydrogens is 724 g/mol. The molecule has 0 spiro atoms. The summed E-state index contributed by atoms with van der Waals surface area (Å²) in [7, 11) is 0. The number of phenols is 1. The van der Waals surface area contributed by atoms with Crippen molar-refractivity contribution in [1.82, 2.24) is 14.5 Å². The fourth-order valence-corrected chi connectivity index (χ4v) is 5.31. The van der Waals surface area contributed by atoms with Crippen LogP contribution in [0, 0.1) is 17.4 Å². The molecule has 6 heteroatoms. The second kappa shape index (κ2) is 12.2. The van der Waals surface area contributed by atoms with Crippen molar-refractivity contribution >= 4 is 11.0 Å². The van der Waals surface area contributed by atoms with E-state index in [2.05, 4.69) is 42.5 Å². The van der Waals surface area contributed by atoms with Crippen LogP contribution in [0.4, 0.5) is 0 Å². The van der Waals surface area contributed by atoms with E-state index in [1.807, 2.05) is 86.6 Å². The summed E-state index contributed by atoms with van der Waals surface area (Å²) in [6, 6.07) is 34.8. The van der Waals surface area contributed by atoms with Gasteiger partial charge in [0.2, 0.25) is 0 Å². The van der Waals surface area contributed by atoms with E-state index in [-0.39, 0.29) is 32.2 Å². The van der Waals surface area contributed by atoms with E-state index < -0.39 is 5.89 Å². The van der Waals surface area contributed by atoms with Gasteiger partial charge in [0.15, 0.2) is 0 Å². The van der Waals surface area contributed by atoms with Crippen molar-refractivity contribution in [2.24, 2.45) is 0 Å². The number of pyridine rings is 1. The van der Waals surface area contributed by atoms with Gasteiger partial charge in [0.1, 0.15) is 11.6 Å². The summed E-state index contributed by atoms with van der Waals surface area (Å²) in [4.78, 5) is 9.74. The second-order valence-electron chi connectivity index (χ2n) is 12.0. The number of nitrogens with zero attached hydrogens (tertiary/aromatic N) is 4. The SMILES string of the molecule is [2H]C(C)(C)c1cc(-c2cc(C#N)ccn2)[c-]c(-c2cccc3c2nc(-c2cc(C(C)(C)C)ccc2O)n3-c2ccccc2)c1.[Pt]. The van der Waals surface area contributed by atoms with Gasteiger partial charge < -0.3 is 5.11 Å². The summed E-state index contributed by atoms with van der Waals surface area (Å²) in [5, 5.41) is 20.7. The predicted molar refractivity (Wildman–Crippen MR) is 173 cm³/mol. The molecule has 2 aromatic heterocycles. The summed E-state index contributed by atoms with van der Waals surface area (Å²) in [6.07, 6.45) is 1.62. The van der Waals surface area contributed by atoms with Crippen molar-refractivity contribution in [3.05, 3.63) is 120 Å². The molecular formula is C38H33N4OPt-. The number of aromatic nitrogens is 3. The number of phenolic OH excluding ortho intramolecular Hbond substituents is 1. The maximum Gasteiger partial charge on any atom is 0.148 e. The molecule has 6 aromatic rings. The molecule has 0 aliphatic carbocycles. The third-order valence-corrected chi connectivity index (χ3v) is 7.70. The quantitative estimate of drug-likeness (QED) is 0.178. The average molecular weight is 758 g/mol. The minimum Gasteiger partial charge on any atom is -0.507 e. The fourth-order valence-electron chi connectivity index (χ4n) is 5.31. The molecule has 0 aliphatic heterocycles. The zero-order valence-electron chi connectivity index (χ0n) is 26.3. The molecule has 0 radical (unpaired) electrons. The van der Waals surface area contributed by atoms with Gasteiger partial charge in [-0.25, -0.2) is 4.98 Å². The van der Waals surface area contributed by atoms with E-state index in [1.54, 1.807) is 24.4 Å². The molecule has 0 unspecified atom stereocenters. The molecule has 1 N–H and O–H groups in total. The predicted octanol–water partition coefficient (Wildman–Crippen LogP) is 9.22. The van der Waals surface area contributed by atoms with Gasteiger partial charge in [0.25, 0.3) is 0 Å². The average Bonchev–Trinajstić information content (AvgIpc) is 3.40. The molecule has 2 heterocycles. The van der Waals surface area contributed by atoms with Gasteiger partial charge in [-0.2, -0.15) is 5.26 Å². The van der Waals surface area contributed by atoms with Crippen molar-refractivity contribution < 1.29 is 27.5 Å². The number of nitriles is 1. The normalized spacial score (nSPS) is 12.0. The Bertz CT molecular complexity index is 2070. The maximum atomic E-state index is 11.2. The van der Waals surface area contributed by atoms with E-state index in [4.69, 9.17) is 6.35 Å². The summed E-state index contributed by atoms with van der Waals surface area (Å²) in [5.74, 6) is -0.113. The largest absolute Gasteiger partial charge is 0.507 e. The first-order chi connectivity index (χ1) is 20.9. The Morgan fingerprint density at radius 3 is 2.36 bits per heavy atom. The van der Waals surface area contributed by atoms with Crippen LogP contribution in [-0.4, -0.2) is 19.6 Å². The molecule has 0 saturated heterocycles. The zero-order valence-corrected chi connectivity index (χ0v) is 27.6. The Hall–Kier alpha value is -4.52. The molecule has 0 amide bonds. The number of benzene rings is 4. The molecule has 44 heavy (non-hydrogen) atoms. The van der Waals surface area contributed by atoms with Gasteiger partial charge in [-0.3, -0.25) is 9.55 Å². The zero-order chi connectivity index (χ0) is 31.2. The van der Waals surface area contributed by atoms with Crippen molar-refractivity contribution in [3.63, 3.8) is 0 Å². The second-order valence-corrected chi connectivity index (χ2v) is 12.0. The number of aromatic hydroxyl groups is 1. The van der Waals surface area contributed by atoms with Gasteiger partial charge in [-0.1, -0.05) is 88.2 Å². The first kappa shape index (κ1) is 29.5. The van der Waals surface area contributed by atoms with E-state index in [9.17, 15) is 10.4 Å². The van der Waals surface area contributed by atoms with Gasteiger partial charge in [-0.05, 0) is 53.3 Å². The van der Waals surface area contributed by atoms with Crippen molar-refractivity contribution in [2.75, 3.05) is 0 Å². The Kier molecular flexibility index (Phi) is 8.21. The molecule has 0 fully saturated rings. The summed E-state index contributed by atoms with van der Waals surface area (Å²) < 4.78 is 10.9.